The van der Waals surface area contributed by atoms with Crippen molar-refractivity contribution in [1.29, 1.82) is 0 Å². The molecule has 0 bridgehead atoms. The van der Waals surface area contributed by atoms with Crippen molar-refractivity contribution < 1.29 is 9.53 Å². The van der Waals surface area contributed by atoms with Crippen LogP contribution in [0.2, 0.25) is 0 Å². The maximum Gasteiger partial charge on any atom is 0.339 e. The quantitative estimate of drug-likeness (QED) is 0.501. The number of rotatable bonds is 5. The van der Waals surface area contributed by atoms with Gasteiger partial charge in [0.2, 0.25) is 11.9 Å². The average Bonchev–Trinajstić information content (AvgIpc) is 2.73. The Morgan fingerprint density at radius 1 is 1.03 bits per heavy atom. The minimum Gasteiger partial charge on any atom is -0.454 e. The summed E-state index contributed by atoms with van der Waals surface area (Å²) in [6.07, 6.45) is 1.67. The maximum absolute atomic E-state index is 12.6. The molecule has 0 amide bonds. The number of hydrogen-bond acceptors (Lipinski definition) is 8. The Bertz CT molecular complexity index is 1190. The Morgan fingerprint density at radius 3 is 2.76 bits per heavy atom. The second kappa shape index (κ2) is 7.89. The third kappa shape index (κ3) is 4.11. The third-order valence-corrected chi connectivity index (χ3v) is 4.29. The smallest absolute Gasteiger partial charge is 0.339 e. The predicted molar refractivity (Wildman–Crippen MR) is 110 cm³/mol. The molecular weight excluding hydrogens is 368 g/mol. The zero-order chi connectivity index (χ0) is 20.2. The molecule has 4 rings (SSSR count). The number of benzene rings is 2. The van der Waals surface area contributed by atoms with Crippen LogP contribution >= 0.6 is 0 Å². The first-order valence-corrected chi connectivity index (χ1v) is 8.94. The lowest BCUT2D eigenvalue weighted by Gasteiger charge is -2.10. The van der Waals surface area contributed by atoms with Crippen LogP contribution < -0.4 is 11.1 Å². The Hall–Kier alpha value is -4.07. The number of nitrogen functional groups attached to an aromatic ring is 1. The first kappa shape index (κ1) is 18.3. The van der Waals surface area contributed by atoms with E-state index in [9.17, 15) is 4.79 Å². The Morgan fingerprint density at radius 2 is 1.90 bits per heavy atom. The number of nitrogens with zero attached hydrogens (tertiary/aromatic N) is 4. The highest BCUT2D eigenvalue weighted by Crippen LogP contribution is 2.19. The summed E-state index contributed by atoms with van der Waals surface area (Å²) in [5.74, 6) is 0.0833. The van der Waals surface area contributed by atoms with E-state index < -0.39 is 5.97 Å². The Balaban J connectivity index is 1.52. The summed E-state index contributed by atoms with van der Waals surface area (Å²) in [5, 5.41) is 3.83. The lowest BCUT2D eigenvalue weighted by Crippen LogP contribution is -2.11. The maximum atomic E-state index is 12.6. The van der Waals surface area contributed by atoms with E-state index in [1.54, 1.807) is 24.4 Å². The van der Waals surface area contributed by atoms with Crippen LogP contribution in [0.25, 0.3) is 10.9 Å². The van der Waals surface area contributed by atoms with E-state index >= 15 is 0 Å². The third-order valence-electron chi connectivity index (χ3n) is 4.29. The summed E-state index contributed by atoms with van der Waals surface area (Å²) in [5.41, 5.74) is 8.82. The van der Waals surface area contributed by atoms with E-state index in [1.165, 1.54) is 0 Å². The van der Waals surface area contributed by atoms with Gasteiger partial charge in [-0.25, -0.2) is 4.79 Å². The molecule has 2 aromatic carbocycles. The number of aromatic nitrogens is 4. The number of ether oxygens (including phenoxy) is 1. The van der Waals surface area contributed by atoms with Gasteiger partial charge in [-0.2, -0.15) is 15.0 Å². The molecule has 2 heterocycles. The van der Waals surface area contributed by atoms with Crippen LogP contribution in [0.3, 0.4) is 0 Å². The van der Waals surface area contributed by atoms with Gasteiger partial charge in [-0.3, -0.25) is 4.98 Å². The fourth-order valence-corrected chi connectivity index (χ4v) is 2.88. The molecule has 144 valence electrons. The number of nitrogens with two attached hydrogens (primary N) is 1. The van der Waals surface area contributed by atoms with Crippen molar-refractivity contribution in [3.63, 3.8) is 0 Å². The normalized spacial score (nSPS) is 10.7. The summed E-state index contributed by atoms with van der Waals surface area (Å²) < 4.78 is 5.40. The van der Waals surface area contributed by atoms with Gasteiger partial charge in [0.1, 0.15) is 0 Å². The van der Waals surface area contributed by atoms with E-state index in [2.05, 4.69) is 25.3 Å². The van der Waals surface area contributed by atoms with Crippen molar-refractivity contribution in [2.24, 2.45) is 0 Å². The lowest BCUT2D eigenvalue weighted by molar-refractivity contribution is 0.0464. The summed E-state index contributed by atoms with van der Waals surface area (Å²) >= 11 is 0. The molecule has 29 heavy (non-hydrogen) atoms. The molecule has 4 aromatic rings. The molecule has 8 nitrogen and oxygen atoms in total. The van der Waals surface area contributed by atoms with Crippen molar-refractivity contribution in [2.45, 2.75) is 13.5 Å². The van der Waals surface area contributed by atoms with Gasteiger partial charge in [0.05, 0.1) is 11.1 Å². The molecule has 0 aliphatic heterocycles. The van der Waals surface area contributed by atoms with Gasteiger partial charge >= 0.3 is 5.97 Å². The van der Waals surface area contributed by atoms with Crippen molar-refractivity contribution in [1.82, 2.24) is 19.9 Å². The first-order chi connectivity index (χ1) is 14.1. The first-order valence-electron chi connectivity index (χ1n) is 8.94. The zero-order valence-electron chi connectivity index (χ0n) is 15.7. The number of carbonyl (C=O) groups is 1. The summed E-state index contributed by atoms with van der Waals surface area (Å²) in [7, 11) is 0. The fraction of sp³-hybridized carbons (Fsp3) is 0.0952. The van der Waals surface area contributed by atoms with E-state index in [4.69, 9.17) is 10.5 Å². The van der Waals surface area contributed by atoms with Crippen molar-refractivity contribution in [3.05, 3.63) is 77.7 Å². The highest BCUT2D eigenvalue weighted by molar-refractivity contribution is 6.03. The van der Waals surface area contributed by atoms with Crippen molar-refractivity contribution in [2.75, 3.05) is 11.1 Å². The van der Waals surface area contributed by atoms with Crippen LogP contribution in [-0.2, 0) is 11.3 Å². The predicted octanol–water partition coefficient (Wildman–Crippen LogP) is 3.41. The molecule has 0 aliphatic carbocycles. The molecule has 0 atom stereocenters. The molecule has 0 aliphatic rings. The van der Waals surface area contributed by atoms with Gasteiger partial charge in [-0.1, -0.05) is 30.3 Å². The number of hydrogen-bond donors (Lipinski definition) is 2. The molecule has 0 fully saturated rings. The van der Waals surface area contributed by atoms with Crippen LogP contribution in [-0.4, -0.2) is 25.9 Å². The summed E-state index contributed by atoms with van der Waals surface area (Å²) in [6, 6.07) is 16.6. The largest absolute Gasteiger partial charge is 0.454 e. The number of anilines is 3. The number of pyridine rings is 1. The van der Waals surface area contributed by atoms with Crippen LogP contribution in [0.15, 0.2) is 60.8 Å². The summed E-state index contributed by atoms with van der Waals surface area (Å²) in [4.78, 5) is 29.3. The summed E-state index contributed by atoms with van der Waals surface area (Å²) in [6.45, 7) is 1.83. The minimum absolute atomic E-state index is 0.0384. The van der Waals surface area contributed by atoms with Crippen LogP contribution in [0.4, 0.5) is 17.6 Å². The standard InChI is InChI=1S/C21H18N6O2/c1-13-6-2-3-9-16(13)24-21-26-18(25-20(22)27-21)12-29-19(28)15-7-4-10-17-14(15)8-5-11-23-17/h2-11H,12H2,1H3,(H3,22,24,25,26,27). The molecule has 0 radical (unpaired) electrons. The van der Waals surface area contributed by atoms with Gasteiger partial charge < -0.3 is 15.8 Å². The number of para-hydroxylation sites is 1. The number of fused-ring (bicyclic) bond motifs is 1. The highest BCUT2D eigenvalue weighted by atomic mass is 16.5. The number of carbonyl (C=O) groups excluding carboxylic acids is 1. The van der Waals surface area contributed by atoms with E-state index in [-0.39, 0.29) is 24.3 Å². The molecule has 0 spiro atoms. The van der Waals surface area contributed by atoms with Crippen LogP contribution in [0, 0.1) is 6.92 Å². The Labute approximate surface area is 166 Å². The molecule has 0 saturated carbocycles. The number of nitrogens with one attached hydrogen (secondary N) is 1. The topological polar surface area (TPSA) is 116 Å². The van der Waals surface area contributed by atoms with E-state index in [0.29, 0.717) is 5.56 Å². The van der Waals surface area contributed by atoms with Gasteiger partial charge in [-0.15, -0.1) is 0 Å². The van der Waals surface area contributed by atoms with Gasteiger partial charge in [-0.05, 0) is 36.8 Å². The monoisotopic (exact) mass is 386 g/mol. The van der Waals surface area contributed by atoms with Crippen molar-refractivity contribution in [3.8, 4) is 0 Å². The van der Waals surface area contributed by atoms with Crippen LogP contribution in [0.5, 0.6) is 0 Å². The second-order valence-electron chi connectivity index (χ2n) is 6.33. The molecule has 3 N–H and O–H groups in total. The molecule has 8 heteroatoms. The SMILES string of the molecule is Cc1ccccc1Nc1nc(N)nc(COC(=O)c2cccc3ncccc23)n1. The van der Waals surface area contributed by atoms with Crippen LogP contribution in [0.1, 0.15) is 21.7 Å². The van der Waals surface area contributed by atoms with Crippen molar-refractivity contribution >= 4 is 34.5 Å². The fourth-order valence-electron chi connectivity index (χ4n) is 2.88. The molecule has 0 unspecified atom stereocenters. The lowest BCUT2D eigenvalue weighted by atomic mass is 10.1. The minimum atomic E-state index is -0.490. The number of esters is 1. The van der Waals surface area contributed by atoms with Gasteiger partial charge in [0.15, 0.2) is 12.4 Å². The van der Waals surface area contributed by atoms with Gasteiger partial charge in [0, 0.05) is 17.3 Å². The number of aryl methyl sites for hydroxylation is 1. The Kier molecular flexibility index (Phi) is 4.98. The molecular formula is C21H18N6O2. The zero-order valence-corrected chi connectivity index (χ0v) is 15.7. The van der Waals surface area contributed by atoms with Gasteiger partial charge in [0.25, 0.3) is 0 Å². The molecule has 2 aromatic heterocycles. The highest BCUT2D eigenvalue weighted by Gasteiger charge is 2.14. The van der Waals surface area contributed by atoms with E-state index in [0.717, 1.165) is 22.2 Å². The van der Waals surface area contributed by atoms with E-state index in [1.807, 2.05) is 43.3 Å². The average molecular weight is 386 g/mol. The molecule has 0 saturated heterocycles. The second-order valence-corrected chi connectivity index (χ2v) is 6.33.